The Labute approximate surface area is 163 Å². The maximum atomic E-state index is 12.3. The van der Waals surface area contributed by atoms with Gasteiger partial charge in [0.2, 0.25) is 5.91 Å². The van der Waals surface area contributed by atoms with Crippen LogP contribution in [-0.4, -0.2) is 31.6 Å². The molecule has 27 heavy (non-hydrogen) atoms. The number of nitrogens with one attached hydrogen (secondary N) is 2. The zero-order valence-corrected chi connectivity index (χ0v) is 16.1. The van der Waals surface area contributed by atoms with Gasteiger partial charge in [-0.15, -0.1) is 0 Å². The first kappa shape index (κ1) is 20.6. The lowest BCUT2D eigenvalue weighted by atomic mass is 10.2. The summed E-state index contributed by atoms with van der Waals surface area (Å²) in [6.45, 7) is 4.84. The molecule has 2 rings (SSSR count). The Morgan fingerprint density at radius 2 is 1.67 bits per heavy atom. The SMILES string of the molecule is CCOc1ccc(C(=O)NCC(=O)NCc2ccccc2Cl)cc1OCC. The molecule has 6 nitrogen and oxygen atoms in total. The van der Waals surface area contributed by atoms with Crippen LogP contribution >= 0.6 is 11.6 Å². The first-order valence-electron chi connectivity index (χ1n) is 8.73. The molecule has 0 heterocycles. The summed E-state index contributed by atoms with van der Waals surface area (Å²) in [5.41, 5.74) is 1.20. The molecule has 0 fully saturated rings. The predicted molar refractivity (Wildman–Crippen MR) is 104 cm³/mol. The minimum Gasteiger partial charge on any atom is -0.490 e. The van der Waals surface area contributed by atoms with Gasteiger partial charge < -0.3 is 20.1 Å². The minimum atomic E-state index is -0.369. The van der Waals surface area contributed by atoms with E-state index in [1.807, 2.05) is 32.0 Å². The number of rotatable bonds is 9. The summed E-state index contributed by atoms with van der Waals surface area (Å²) in [6.07, 6.45) is 0. The fourth-order valence-corrected chi connectivity index (χ4v) is 2.56. The smallest absolute Gasteiger partial charge is 0.251 e. The molecule has 0 aliphatic heterocycles. The van der Waals surface area contributed by atoms with Crippen molar-refractivity contribution < 1.29 is 19.1 Å². The van der Waals surface area contributed by atoms with Gasteiger partial charge in [0.05, 0.1) is 19.8 Å². The van der Waals surface area contributed by atoms with Crippen LogP contribution in [0.15, 0.2) is 42.5 Å². The summed E-state index contributed by atoms with van der Waals surface area (Å²) in [7, 11) is 0. The topological polar surface area (TPSA) is 76.7 Å². The number of amides is 2. The molecule has 2 aromatic rings. The molecule has 2 amide bonds. The largest absolute Gasteiger partial charge is 0.490 e. The van der Waals surface area contributed by atoms with Crippen molar-refractivity contribution >= 4 is 23.4 Å². The summed E-state index contributed by atoms with van der Waals surface area (Å²) in [5.74, 6) is 0.398. The highest BCUT2D eigenvalue weighted by Crippen LogP contribution is 2.28. The van der Waals surface area contributed by atoms with Crippen molar-refractivity contribution in [1.29, 1.82) is 0 Å². The van der Waals surface area contributed by atoms with Crippen LogP contribution in [0.2, 0.25) is 5.02 Å². The first-order chi connectivity index (χ1) is 13.0. The van der Waals surface area contributed by atoms with Crippen LogP contribution in [0.1, 0.15) is 29.8 Å². The summed E-state index contributed by atoms with van der Waals surface area (Å²) in [6, 6.07) is 12.2. The number of hydrogen-bond donors (Lipinski definition) is 2. The second kappa shape index (κ2) is 10.4. The van der Waals surface area contributed by atoms with Gasteiger partial charge in [0.25, 0.3) is 5.91 Å². The van der Waals surface area contributed by atoms with E-state index >= 15 is 0 Å². The highest BCUT2D eigenvalue weighted by molar-refractivity contribution is 6.31. The number of carbonyl (C=O) groups excluding carboxylic acids is 2. The Kier molecular flexibility index (Phi) is 7.95. The zero-order valence-electron chi connectivity index (χ0n) is 15.4. The molecule has 0 unspecified atom stereocenters. The Bertz CT molecular complexity index is 795. The molecule has 2 N–H and O–H groups in total. The monoisotopic (exact) mass is 390 g/mol. The van der Waals surface area contributed by atoms with Crippen LogP contribution < -0.4 is 20.1 Å². The van der Waals surface area contributed by atoms with Crippen molar-refractivity contribution in [2.24, 2.45) is 0 Å². The predicted octanol–water partition coefficient (Wildman–Crippen LogP) is 3.18. The van der Waals surface area contributed by atoms with Crippen LogP contribution in [0.4, 0.5) is 0 Å². The average Bonchev–Trinajstić information content (AvgIpc) is 2.67. The quantitative estimate of drug-likeness (QED) is 0.689. The van der Waals surface area contributed by atoms with E-state index in [9.17, 15) is 9.59 Å². The third-order valence-corrected chi connectivity index (χ3v) is 4.02. The van der Waals surface area contributed by atoms with Gasteiger partial charge in [0.1, 0.15) is 0 Å². The molecule has 0 radical (unpaired) electrons. The van der Waals surface area contributed by atoms with E-state index in [1.165, 1.54) is 0 Å². The van der Waals surface area contributed by atoms with Crippen LogP contribution in [0.5, 0.6) is 11.5 Å². The van der Waals surface area contributed by atoms with Gasteiger partial charge in [-0.2, -0.15) is 0 Å². The van der Waals surface area contributed by atoms with Gasteiger partial charge in [0.15, 0.2) is 11.5 Å². The second-order valence-electron chi connectivity index (χ2n) is 5.58. The molecule has 0 atom stereocenters. The van der Waals surface area contributed by atoms with E-state index in [4.69, 9.17) is 21.1 Å². The van der Waals surface area contributed by atoms with E-state index < -0.39 is 0 Å². The lowest BCUT2D eigenvalue weighted by Crippen LogP contribution is -2.36. The number of hydrogen-bond acceptors (Lipinski definition) is 4. The number of halogens is 1. The van der Waals surface area contributed by atoms with Gasteiger partial charge >= 0.3 is 0 Å². The van der Waals surface area contributed by atoms with Gasteiger partial charge in [-0.3, -0.25) is 9.59 Å². The molecule has 0 bridgehead atoms. The molecule has 0 saturated carbocycles. The molecule has 7 heteroatoms. The van der Waals surface area contributed by atoms with Crippen LogP contribution in [0.25, 0.3) is 0 Å². The van der Waals surface area contributed by atoms with E-state index in [2.05, 4.69) is 10.6 Å². The Morgan fingerprint density at radius 3 is 2.37 bits per heavy atom. The maximum Gasteiger partial charge on any atom is 0.251 e. The molecule has 144 valence electrons. The molecular weight excluding hydrogens is 368 g/mol. The van der Waals surface area contributed by atoms with Crippen LogP contribution in [0.3, 0.4) is 0 Å². The Hall–Kier alpha value is -2.73. The highest BCUT2D eigenvalue weighted by Gasteiger charge is 2.12. The average molecular weight is 391 g/mol. The Balaban J connectivity index is 1.90. The van der Waals surface area contributed by atoms with Crippen LogP contribution in [0, 0.1) is 0 Å². The summed E-state index contributed by atoms with van der Waals surface area (Å²) >= 11 is 6.05. The van der Waals surface area contributed by atoms with Crippen molar-refractivity contribution in [1.82, 2.24) is 10.6 Å². The zero-order chi connectivity index (χ0) is 19.6. The molecule has 0 aliphatic rings. The normalized spacial score (nSPS) is 10.2. The summed E-state index contributed by atoms with van der Waals surface area (Å²) in [4.78, 5) is 24.3. The molecule has 0 saturated heterocycles. The fourth-order valence-electron chi connectivity index (χ4n) is 2.35. The van der Waals surface area contributed by atoms with Crippen molar-refractivity contribution in [2.45, 2.75) is 20.4 Å². The fraction of sp³-hybridized carbons (Fsp3) is 0.300. The second-order valence-corrected chi connectivity index (χ2v) is 5.99. The van der Waals surface area contributed by atoms with E-state index in [1.54, 1.807) is 24.3 Å². The van der Waals surface area contributed by atoms with Gasteiger partial charge in [-0.05, 0) is 43.7 Å². The van der Waals surface area contributed by atoms with E-state index in [0.717, 1.165) is 5.56 Å². The van der Waals surface area contributed by atoms with Crippen LogP contribution in [-0.2, 0) is 11.3 Å². The molecule has 2 aromatic carbocycles. The number of benzene rings is 2. The lowest BCUT2D eigenvalue weighted by Gasteiger charge is -2.12. The van der Waals surface area contributed by atoms with Crippen molar-refractivity contribution in [2.75, 3.05) is 19.8 Å². The van der Waals surface area contributed by atoms with Gasteiger partial charge in [0, 0.05) is 17.1 Å². The number of carbonyl (C=O) groups is 2. The first-order valence-corrected chi connectivity index (χ1v) is 9.10. The van der Waals surface area contributed by atoms with Gasteiger partial charge in [-0.25, -0.2) is 0 Å². The van der Waals surface area contributed by atoms with Gasteiger partial charge in [-0.1, -0.05) is 29.8 Å². The third kappa shape index (κ3) is 6.18. The van der Waals surface area contributed by atoms with Crippen molar-refractivity contribution in [3.63, 3.8) is 0 Å². The molecule has 0 aromatic heterocycles. The van der Waals surface area contributed by atoms with Crippen molar-refractivity contribution in [3.05, 3.63) is 58.6 Å². The maximum absolute atomic E-state index is 12.3. The summed E-state index contributed by atoms with van der Waals surface area (Å²) < 4.78 is 11.0. The summed E-state index contributed by atoms with van der Waals surface area (Å²) in [5, 5.41) is 5.89. The van der Waals surface area contributed by atoms with E-state index in [-0.39, 0.29) is 18.4 Å². The number of ether oxygens (including phenoxy) is 2. The highest BCUT2D eigenvalue weighted by atomic mass is 35.5. The molecule has 0 aliphatic carbocycles. The standard InChI is InChI=1S/C20H23ClN2O4/c1-3-26-17-10-9-14(11-18(17)27-4-2)20(25)23-13-19(24)22-12-15-7-5-6-8-16(15)21/h5-11H,3-4,12-13H2,1-2H3,(H,22,24)(H,23,25). The van der Waals surface area contributed by atoms with Crippen molar-refractivity contribution in [3.8, 4) is 11.5 Å². The molecular formula is C20H23ClN2O4. The Morgan fingerprint density at radius 1 is 0.963 bits per heavy atom. The minimum absolute atomic E-state index is 0.138. The third-order valence-electron chi connectivity index (χ3n) is 3.65. The van der Waals surface area contributed by atoms with E-state index in [0.29, 0.717) is 41.8 Å². The lowest BCUT2D eigenvalue weighted by molar-refractivity contribution is -0.120. The molecule has 0 spiro atoms.